The maximum atomic E-state index is 12.7. The van der Waals surface area contributed by atoms with Crippen molar-refractivity contribution in [1.29, 1.82) is 0 Å². The van der Waals surface area contributed by atoms with Gasteiger partial charge in [0.25, 0.3) is 0 Å². The maximum Gasteiger partial charge on any atom is 0.522 e. The number of hydrogen-bond donors (Lipinski definition) is 0. The van der Waals surface area contributed by atoms with Crippen LogP contribution in [0.1, 0.15) is 11.1 Å². The summed E-state index contributed by atoms with van der Waals surface area (Å²) in [5.41, 5.74) is -3.75. The van der Waals surface area contributed by atoms with Crippen LogP contribution in [0.2, 0.25) is 13.1 Å². The van der Waals surface area contributed by atoms with Crippen molar-refractivity contribution in [2.45, 2.75) is 30.1 Å². The summed E-state index contributed by atoms with van der Waals surface area (Å²) in [7, 11) is -8.94. The number of alkyl halides is 3. The lowest BCUT2D eigenvalue weighted by Crippen LogP contribution is -2.51. The van der Waals surface area contributed by atoms with E-state index in [2.05, 4.69) is 0 Å². The van der Waals surface area contributed by atoms with Gasteiger partial charge in [-0.2, -0.15) is 45.1 Å². The SMILES string of the molecule is CSCc1cccc(CSC)c1[Si](C)(C)OS(=O)(=O)C(F)(F)F. The molecule has 1 aromatic rings. The summed E-state index contributed by atoms with van der Waals surface area (Å²) in [5.74, 6) is 1.17. The van der Waals surface area contributed by atoms with Crippen molar-refractivity contribution < 1.29 is 25.5 Å². The molecule has 10 heteroatoms. The first-order chi connectivity index (χ1) is 10.5. The highest BCUT2D eigenvalue weighted by Crippen LogP contribution is 2.29. The molecular weight excluding hydrogens is 385 g/mol. The molecular formula is C13H19F3O3S3Si. The van der Waals surface area contributed by atoms with Crippen LogP contribution < -0.4 is 5.19 Å². The minimum absolute atomic E-state index is 0.587. The average molecular weight is 405 g/mol. The number of benzene rings is 1. The van der Waals surface area contributed by atoms with Gasteiger partial charge >= 0.3 is 15.6 Å². The summed E-state index contributed by atoms with van der Waals surface area (Å²) >= 11 is 3.05. The van der Waals surface area contributed by atoms with Gasteiger partial charge in [0, 0.05) is 11.5 Å². The van der Waals surface area contributed by atoms with Crippen LogP contribution in [-0.2, 0) is 25.5 Å². The van der Waals surface area contributed by atoms with Crippen LogP contribution in [0, 0.1) is 0 Å². The Hall–Kier alpha value is -0.163. The van der Waals surface area contributed by atoms with E-state index in [0.29, 0.717) is 16.7 Å². The van der Waals surface area contributed by atoms with E-state index < -0.39 is 23.9 Å². The first-order valence-corrected chi connectivity index (χ1v) is 13.7. The predicted octanol–water partition coefficient (Wildman–Crippen LogP) is 3.69. The molecule has 0 aliphatic rings. The van der Waals surface area contributed by atoms with Crippen LogP contribution in [0.25, 0.3) is 0 Å². The first kappa shape index (κ1) is 20.9. The van der Waals surface area contributed by atoms with Gasteiger partial charge < -0.3 is 3.87 Å². The van der Waals surface area contributed by atoms with Gasteiger partial charge in [0.2, 0.25) is 8.32 Å². The smallest absolute Gasteiger partial charge is 0.303 e. The van der Waals surface area contributed by atoms with Gasteiger partial charge in [-0.05, 0) is 41.9 Å². The van der Waals surface area contributed by atoms with Crippen molar-refractivity contribution in [1.82, 2.24) is 0 Å². The summed E-state index contributed by atoms with van der Waals surface area (Å²) in [6.45, 7) is 2.97. The quantitative estimate of drug-likeness (QED) is 0.512. The summed E-state index contributed by atoms with van der Waals surface area (Å²) in [6, 6.07) is 5.46. The van der Waals surface area contributed by atoms with Crippen LogP contribution >= 0.6 is 23.5 Å². The van der Waals surface area contributed by atoms with Crippen molar-refractivity contribution in [3.05, 3.63) is 29.3 Å². The highest BCUT2D eigenvalue weighted by molar-refractivity contribution is 7.98. The van der Waals surface area contributed by atoms with Crippen molar-refractivity contribution in [2.75, 3.05) is 12.5 Å². The second kappa shape index (κ2) is 7.81. The average Bonchev–Trinajstić information content (AvgIpc) is 2.36. The van der Waals surface area contributed by atoms with Crippen molar-refractivity contribution in [2.24, 2.45) is 0 Å². The summed E-state index contributed by atoms with van der Waals surface area (Å²) < 4.78 is 65.7. The Morgan fingerprint density at radius 1 is 1.09 bits per heavy atom. The largest absolute Gasteiger partial charge is 0.522 e. The minimum Gasteiger partial charge on any atom is -0.303 e. The second-order valence-corrected chi connectivity index (χ2v) is 12.6. The van der Waals surface area contributed by atoms with E-state index in [0.717, 1.165) is 11.1 Å². The Labute approximate surface area is 144 Å². The fraction of sp³-hybridized carbons (Fsp3) is 0.538. The lowest BCUT2D eigenvalue weighted by Gasteiger charge is -2.28. The third-order valence-corrected chi connectivity index (χ3v) is 9.20. The molecule has 0 saturated carbocycles. The lowest BCUT2D eigenvalue weighted by molar-refractivity contribution is -0.0502. The monoisotopic (exact) mass is 404 g/mol. The summed E-state index contributed by atoms with van der Waals surface area (Å²) in [4.78, 5) is 0. The predicted molar refractivity (Wildman–Crippen MR) is 94.1 cm³/mol. The Morgan fingerprint density at radius 2 is 1.52 bits per heavy atom. The highest BCUT2D eigenvalue weighted by atomic mass is 32.2. The third-order valence-electron chi connectivity index (χ3n) is 3.04. The normalized spacial score (nSPS) is 13.3. The molecule has 23 heavy (non-hydrogen) atoms. The van der Waals surface area contributed by atoms with Gasteiger partial charge in [0.1, 0.15) is 0 Å². The molecule has 0 aromatic heterocycles. The molecule has 1 rings (SSSR count). The third kappa shape index (κ3) is 5.15. The van der Waals surface area contributed by atoms with E-state index in [1.54, 1.807) is 0 Å². The number of rotatable bonds is 7. The van der Waals surface area contributed by atoms with Gasteiger partial charge in [-0.3, -0.25) is 0 Å². The van der Waals surface area contributed by atoms with Crippen LogP contribution in [0.3, 0.4) is 0 Å². The van der Waals surface area contributed by atoms with Crippen molar-refractivity contribution in [3.8, 4) is 0 Å². The topological polar surface area (TPSA) is 43.4 Å². The van der Waals surface area contributed by atoms with Crippen LogP contribution in [0.5, 0.6) is 0 Å². The molecule has 0 saturated heterocycles. The zero-order chi connectivity index (χ0) is 17.9. The van der Waals surface area contributed by atoms with Gasteiger partial charge in [0.05, 0.1) is 0 Å². The lowest BCUT2D eigenvalue weighted by atomic mass is 10.1. The van der Waals surface area contributed by atoms with E-state index in [4.69, 9.17) is 3.87 Å². The Kier molecular flexibility index (Phi) is 7.09. The van der Waals surface area contributed by atoms with E-state index >= 15 is 0 Å². The Balaban J connectivity index is 3.41. The highest BCUT2D eigenvalue weighted by Gasteiger charge is 2.51. The van der Waals surface area contributed by atoms with Gasteiger partial charge in [-0.15, -0.1) is 0 Å². The molecule has 0 bridgehead atoms. The molecule has 0 aliphatic heterocycles. The minimum atomic E-state index is -5.62. The number of hydrogen-bond acceptors (Lipinski definition) is 5. The molecule has 0 aliphatic carbocycles. The molecule has 132 valence electrons. The molecule has 0 heterocycles. The number of thioether (sulfide) groups is 2. The summed E-state index contributed by atoms with van der Waals surface area (Å²) in [6.07, 6.45) is 3.76. The molecule has 0 amide bonds. The Morgan fingerprint density at radius 3 is 1.87 bits per heavy atom. The van der Waals surface area contributed by atoms with Crippen LogP contribution in [0.4, 0.5) is 13.2 Å². The van der Waals surface area contributed by atoms with E-state index in [9.17, 15) is 21.6 Å². The van der Waals surface area contributed by atoms with Gasteiger partial charge in [-0.25, -0.2) is 0 Å². The molecule has 0 fully saturated rings. The fourth-order valence-electron chi connectivity index (χ4n) is 2.34. The maximum absolute atomic E-state index is 12.7. The zero-order valence-corrected chi connectivity index (χ0v) is 16.7. The van der Waals surface area contributed by atoms with E-state index in [1.807, 2.05) is 30.7 Å². The van der Waals surface area contributed by atoms with Crippen LogP contribution in [0.15, 0.2) is 18.2 Å². The molecule has 3 nitrogen and oxygen atoms in total. The zero-order valence-electron chi connectivity index (χ0n) is 13.2. The van der Waals surface area contributed by atoms with Gasteiger partial charge in [0.15, 0.2) is 0 Å². The molecule has 0 spiro atoms. The standard InChI is InChI=1S/C13H19F3O3S3Si/c1-20-8-10-6-5-7-11(9-21-2)12(10)23(3,4)19-22(17,18)13(14,15)16/h5-7H,8-9H2,1-4H3. The molecule has 0 radical (unpaired) electrons. The number of halogens is 3. The van der Waals surface area contributed by atoms with Gasteiger partial charge in [-0.1, -0.05) is 18.2 Å². The summed E-state index contributed by atoms with van der Waals surface area (Å²) in [5, 5.41) is 0.636. The van der Waals surface area contributed by atoms with Crippen molar-refractivity contribution >= 4 is 47.1 Å². The molecule has 1 aromatic carbocycles. The fourth-order valence-corrected chi connectivity index (χ4v) is 8.50. The van der Waals surface area contributed by atoms with E-state index in [-0.39, 0.29) is 0 Å². The first-order valence-electron chi connectivity index (χ1n) is 6.57. The Bertz CT molecular complexity index is 621. The molecule has 0 N–H and O–H groups in total. The van der Waals surface area contributed by atoms with E-state index in [1.165, 1.54) is 36.6 Å². The molecule has 0 atom stereocenters. The van der Waals surface area contributed by atoms with Crippen molar-refractivity contribution in [3.63, 3.8) is 0 Å². The molecule has 0 unspecified atom stereocenters. The second-order valence-electron chi connectivity index (χ2n) is 5.31. The van der Waals surface area contributed by atoms with Crippen LogP contribution in [-0.4, -0.2) is 34.8 Å².